The van der Waals surface area contributed by atoms with Gasteiger partial charge in [-0.25, -0.2) is 0 Å². The van der Waals surface area contributed by atoms with Gasteiger partial charge in [-0.05, 0) is 26.7 Å². The fourth-order valence-electron chi connectivity index (χ4n) is 2.33. The van der Waals surface area contributed by atoms with Gasteiger partial charge in [-0.15, -0.1) is 0 Å². The molecule has 2 unspecified atom stereocenters. The maximum absolute atomic E-state index is 12.2. The van der Waals surface area contributed by atoms with E-state index in [0.717, 1.165) is 13.8 Å². The van der Waals surface area contributed by atoms with Crippen LogP contribution in [0, 0.1) is 10.8 Å². The van der Waals surface area contributed by atoms with Crippen molar-refractivity contribution in [1.29, 1.82) is 0 Å². The van der Waals surface area contributed by atoms with Crippen LogP contribution < -0.4 is 10.2 Å². The average Bonchev–Trinajstić information content (AvgIpc) is 2.60. The number of Topliss-reactive ketones (excluding diaryl/α,β-unsaturated/α-hetero) is 2. The molecule has 0 saturated heterocycles. The van der Waals surface area contributed by atoms with Crippen molar-refractivity contribution in [2.75, 3.05) is 0 Å². The Kier molecular flexibility index (Phi) is 17.1. The second kappa shape index (κ2) is 15.7. The number of carbonyl (C=O) groups is 4. The molecule has 8 nitrogen and oxygen atoms in total. The Hall–Kier alpha value is -1.34. The smallest absolute Gasteiger partial charge is 0.406 e. The molecule has 0 aromatic carbocycles. The monoisotopic (exact) mass is 602 g/mol. The van der Waals surface area contributed by atoms with E-state index in [2.05, 4.69) is 0 Å². The predicted molar refractivity (Wildman–Crippen MR) is 101 cm³/mol. The van der Waals surface area contributed by atoms with E-state index in [9.17, 15) is 55.7 Å². The normalized spacial score (nSPS) is 14.9. The van der Waals surface area contributed by atoms with Gasteiger partial charge in [-0.2, -0.15) is 26.3 Å². The molecule has 0 aliphatic carbocycles. The summed E-state index contributed by atoms with van der Waals surface area (Å²) in [6, 6.07) is 0. The van der Waals surface area contributed by atoms with E-state index in [0.29, 0.717) is 26.1 Å². The Labute approximate surface area is 212 Å². The van der Waals surface area contributed by atoms with E-state index < -0.39 is 83.6 Å². The topological polar surface area (TPSA) is 133 Å². The number of carbonyl (C=O) groups excluding carboxylic acids is 4. The van der Waals surface area contributed by atoms with Crippen LogP contribution in [0.5, 0.6) is 0 Å². The molecule has 204 valence electrons. The van der Waals surface area contributed by atoms with E-state index in [4.69, 9.17) is 5.63 Å². The van der Waals surface area contributed by atoms with E-state index in [1.807, 2.05) is 27.7 Å². The zero-order valence-corrected chi connectivity index (χ0v) is 23.1. The second-order valence-corrected chi connectivity index (χ2v) is 9.19. The largest absolute Gasteiger partial charge is 0.549 e. The molecule has 15 heteroatoms. The van der Waals surface area contributed by atoms with Crippen LogP contribution in [-0.2, 0) is 48.9 Å². The molecule has 0 bridgehead atoms. The third-order valence-corrected chi connectivity index (χ3v) is 7.29. The second-order valence-electron chi connectivity index (χ2n) is 7.62. The summed E-state index contributed by atoms with van der Waals surface area (Å²) in [4.78, 5) is 41.9. The molecule has 0 aliphatic rings. The predicted octanol–water partition coefficient (Wildman–Crippen LogP) is 2.32. The van der Waals surface area contributed by atoms with Crippen molar-refractivity contribution < 1.29 is 85.5 Å². The molecule has 0 heterocycles. The Morgan fingerprint density at radius 3 is 0.971 bits per heavy atom. The molecule has 0 fully saturated rings. The number of hydrogen-bond acceptors (Lipinski definition) is 8. The molecule has 0 saturated carbocycles. The molecule has 0 radical (unpaired) electrons. The summed E-state index contributed by atoms with van der Waals surface area (Å²) in [6.07, 6.45) is -11.2. The van der Waals surface area contributed by atoms with Crippen molar-refractivity contribution >= 4 is 23.5 Å². The van der Waals surface area contributed by atoms with Gasteiger partial charge >= 0.3 is 82.0 Å². The molecule has 0 aromatic heterocycles. The SMILES string of the molecule is CC(C)[O][Zr+2][O]C(C)C.CCC(C(C)=O)(C(=O)[O-])C(F)(F)F.CCC(C(C)=O)(C(=O)[O-])C(F)(F)F. The van der Waals surface area contributed by atoms with E-state index in [1.54, 1.807) is 0 Å². The zero-order valence-electron chi connectivity index (χ0n) is 20.6. The first-order valence-corrected chi connectivity index (χ1v) is 12.2. The molecule has 0 aromatic rings. The Morgan fingerprint density at radius 1 is 0.686 bits per heavy atom. The molecule has 35 heavy (non-hydrogen) atoms. The van der Waals surface area contributed by atoms with Crippen molar-refractivity contribution in [2.45, 2.75) is 92.8 Å². The van der Waals surface area contributed by atoms with Gasteiger partial charge in [0.1, 0.15) is 0 Å². The van der Waals surface area contributed by atoms with Crippen molar-refractivity contribution in [3.8, 4) is 0 Å². The molecule has 0 aliphatic heterocycles. The van der Waals surface area contributed by atoms with E-state index in [-0.39, 0.29) is 0 Å². The standard InChI is InChI=1S/2C7H9F3O3.2C3H7O.Zr/c2*1-3-6(4(2)11,5(12)13)7(8,9)10;2*1-3(2)4;/h2*3H2,1-2H3,(H,12,13);2*3H,1-2H3;/q;;2*-1;+4/p-2. The van der Waals surface area contributed by atoms with Crippen LogP contribution in [0.4, 0.5) is 26.3 Å². The van der Waals surface area contributed by atoms with Gasteiger partial charge in [0.15, 0.2) is 22.4 Å². The van der Waals surface area contributed by atoms with Crippen LogP contribution >= 0.6 is 0 Å². The Balaban J connectivity index is -0.000000448. The number of aliphatic carboxylic acids is 2. The summed E-state index contributed by atoms with van der Waals surface area (Å²) in [7, 11) is 0. The van der Waals surface area contributed by atoms with Crippen molar-refractivity contribution in [3.63, 3.8) is 0 Å². The van der Waals surface area contributed by atoms with Gasteiger partial charge in [0, 0.05) is 0 Å². The van der Waals surface area contributed by atoms with Crippen LogP contribution in [-0.4, -0.2) is 48.1 Å². The summed E-state index contributed by atoms with van der Waals surface area (Å²) in [5.74, 6) is -7.70. The van der Waals surface area contributed by atoms with Crippen molar-refractivity contribution in [3.05, 3.63) is 0 Å². The first kappa shape index (κ1) is 38.2. The average molecular weight is 604 g/mol. The van der Waals surface area contributed by atoms with Crippen LogP contribution in [0.15, 0.2) is 0 Å². The van der Waals surface area contributed by atoms with E-state index >= 15 is 0 Å². The fraction of sp³-hybridized carbons (Fsp3) is 0.800. The van der Waals surface area contributed by atoms with Crippen LogP contribution in [0.25, 0.3) is 0 Å². The van der Waals surface area contributed by atoms with Crippen molar-refractivity contribution in [1.82, 2.24) is 0 Å². The first-order valence-electron chi connectivity index (χ1n) is 10.2. The summed E-state index contributed by atoms with van der Waals surface area (Å²) in [5, 5.41) is 20.6. The van der Waals surface area contributed by atoms with Crippen molar-refractivity contribution in [2.24, 2.45) is 10.8 Å². The number of alkyl halides is 6. The van der Waals surface area contributed by atoms with Gasteiger partial charge in [0.05, 0.1) is 11.9 Å². The third kappa shape index (κ3) is 11.1. The zero-order chi connectivity index (χ0) is 29.0. The number of ketones is 2. The minimum atomic E-state index is -5.10. The van der Waals surface area contributed by atoms with Gasteiger partial charge < -0.3 is 19.8 Å². The summed E-state index contributed by atoms with van der Waals surface area (Å²) >= 11 is -0.929. The molecule has 0 amide bonds. The molecule has 2 atom stereocenters. The minimum Gasteiger partial charge on any atom is -0.549 e. The molecule has 0 spiro atoms. The number of halogens is 6. The third-order valence-electron chi connectivity index (χ3n) is 4.50. The minimum absolute atomic E-state index is 0.343. The number of hydrogen-bond donors (Lipinski definition) is 0. The van der Waals surface area contributed by atoms with Crippen LogP contribution in [0.3, 0.4) is 0 Å². The van der Waals surface area contributed by atoms with Gasteiger partial charge in [-0.3, -0.25) is 9.59 Å². The Morgan fingerprint density at radius 2 is 0.914 bits per heavy atom. The molecule has 0 rings (SSSR count). The first-order chi connectivity index (χ1) is 15.5. The summed E-state index contributed by atoms with van der Waals surface area (Å²) in [6.45, 7) is 11.3. The van der Waals surface area contributed by atoms with Gasteiger partial charge in [-0.1, -0.05) is 13.8 Å². The van der Waals surface area contributed by atoms with Crippen LogP contribution in [0.2, 0.25) is 0 Å². The molecular formula is C20H30F6O8Zr. The quantitative estimate of drug-likeness (QED) is 0.275. The number of carboxylic acids is 2. The Bertz CT molecular complexity index is 619. The van der Waals surface area contributed by atoms with Gasteiger partial charge in [0.2, 0.25) is 0 Å². The molecule has 0 N–H and O–H groups in total. The van der Waals surface area contributed by atoms with E-state index in [1.165, 1.54) is 0 Å². The molecular weight excluding hydrogens is 573 g/mol. The summed E-state index contributed by atoms with van der Waals surface area (Å²) in [5.41, 5.74) is -6.71. The number of rotatable bonds is 10. The maximum atomic E-state index is 12.2. The van der Waals surface area contributed by atoms with Crippen LogP contribution in [0.1, 0.15) is 68.2 Å². The fourth-order valence-corrected chi connectivity index (χ4v) is 3.41. The van der Waals surface area contributed by atoms with Gasteiger partial charge in [0.25, 0.3) is 0 Å². The summed E-state index contributed by atoms with van der Waals surface area (Å²) < 4.78 is 84.0. The maximum Gasteiger partial charge on any atom is 0.406 e. The number of carboxylic acid groups (broad SMARTS) is 2.